The Balaban J connectivity index is 1.94. The molecule has 2 fully saturated rings. The van der Waals surface area contributed by atoms with Crippen LogP contribution in [-0.2, 0) is 9.59 Å². The first-order chi connectivity index (χ1) is 11.6. The van der Waals surface area contributed by atoms with Gasteiger partial charge in [-0.15, -0.1) is 0 Å². The second kappa shape index (κ2) is 5.39. The second-order valence-corrected chi connectivity index (χ2v) is 7.82. The first-order valence-corrected chi connectivity index (χ1v) is 8.36. The molecule has 1 amide bonds. The van der Waals surface area contributed by atoms with Gasteiger partial charge < -0.3 is 9.90 Å². The lowest BCUT2D eigenvalue weighted by atomic mass is 9.65. The molecular formula is C18H18ClN2O4-. The van der Waals surface area contributed by atoms with Gasteiger partial charge in [0.2, 0.25) is 0 Å². The number of nitrogens with zero attached hydrogens (tertiary/aromatic N) is 1. The van der Waals surface area contributed by atoms with Gasteiger partial charge in [0, 0.05) is 16.0 Å². The molecule has 6 nitrogen and oxygen atoms in total. The fourth-order valence-electron chi connectivity index (χ4n) is 4.19. The summed E-state index contributed by atoms with van der Waals surface area (Å²) in [6.07, 6.45) is 0.719. The highest BCUT2D eigenvalue weighted by Gasteiger charge is 2.74. The Labute approximate surface area is 150 Å². The molecule has 0 spiro atoms. The quantitative estimate of drug-likeness (QED) is 0.652. The van der Waals surface area contributed by atoms with Gasteiger partial charge in [0.15, 0.2) is 5.78 Å². The summed E-state index contributed by atoms with van der Waals surface area (Å²) in [6, 6.07) is 6.22. The summed E-state index contributed by atoms with van der Waals surface area (Å²) in [6.45, 7) is 5.31. The molecule has 7 heteroatoms. The number of amides is 1. The molecule has 25 heavy (non-hydrogen) atoms. The van der Waals surface area contributed by atoms with Gasteiger partial charge in [-0.1, -0.05) is 32.4 Å². The van der Waals surface area contributed by atoms with E-state index in [0.29, 0.717) is 17.0 Å². The van der Waals surface area contributed by atoms with Crippen LogP contribution >= 0.6 is 11.6 Å². The van der Waals surface area contributed by atoms with Crippen LogP contribution in [0.25, 0.3) is 0 Å². The van der Waals surface area contributed by atoms with Gasteiger partial charge in [0.25, 0.3) is 5.91 Å². The third-order valence-electron chi connectivity index (χ3n) is 6.30. The summed E-state index contributed by atoms with van der Waals surface area (Å²) >= 11 is 5.79. The van der Waals surface area contributed by atoms with E-state index in [1.54, 1.807) is 26.0 Å². The number of benzene rings is 1. The van der Waals surface area contributed by atoms with E-state index in [9.17, 15) is 19.5 Å². The van der Waals surface area contributed by atoms with Gasteiger partial charge in [-0.25, -0.2) is 5.43 Å². The molecule has 2 aliphatic rings. The molecule has 0 aromatic heterocycles. The van der Waals surface area contributed by atoms with Crippen LogP contribution in [0, 0.1) is 16.2 Å². The van der Waals surface area contributed by atoms with E-state index >= 15 is 0 Å². The average molecular weight is 362 g/mol. The van der Waals surface area contributed by atoms with Gasteiger partial charge in [-0.05, 0) is 42.5 Å². The van der Waals surface area contributed by atoms with Crippen LogP contribution in [0.3, 0.4) is 0 Å². The number of hydrogen-bond donors (Lipinski definition) is 1. The molecule has 2 bridgehead atoms. The van der Waals surface area contributed by atoms with E-state index in [-0.39, 0.29) is 12.1 Å². The zero-order chi connectivity index (χ0) is 18.6. The number of fused-ring (bicyclic) bond motifs is 2. The Hall–Kier alpha value is -2.21. The molecule has 0 saturated heterocycles. The molecule has 0 radical (unpaired) electrons. The van der Waals surface area contributed by atoms with Crippen molar-refractivity contribution in [2.24, 2.45) is 21.3 Å². The lowest BCUT2D eigenvalue weighted by Crippen LogP contribution is -2.51. The number of ketones is 1. The number of nitrogens with one attached hydrogen (secondary N) is 1. The lowest BCUT2D eigenvalue weighted by Gasteiger charge is -2.39. The Morgan fingerprint density at radius 3 is 2.28 bits per heavy atom. The van der Waals surface area contributed by atoms with Crippen molar-refractivity contribution in [2.45, 2.75) is 33.6 Å². The van der Waals surface area contributed by atoms with Crippen molar-refractivity contribution in [3.8, 4) is 0 Å². The SMILES string of the molecule is CC1(C)[C@]2(C(=O)[O-])CC[C@@]1(C)/C(=N/NC(=O)c1ccc(Cl)cc1)C2=O. The summed E-state index contributed by atoms with van der Waals surface area (Å²) < 4.78 is 0. The number of halogens is 1. The van der Waals surface area contributed by atoms with Crippen molar-refractivity contribution in [1.29, 1.82) is 0 Å². The number of carbonyl (C=O) groups excluding carboxylic acids is 3. The van der Waals surface area contributed by atoms with Crippen molar-refractivity contribution >= 4 is 35.0 Å². The van der Waals surface area contributed by atoms with E-state index in [1.165, 1.54) is 12.1 Å². The van der Waals surface area contributed by atoms with Crippen molar-refractivity contribution in [3.63, 3.8) is 0 Å². The van der Waals surface area contributed by atoms with Crippen LogP contribution in [0.1, 0.15) is 44.0 Å². The summed E-state index contributed by atoms with van der Waals surface area (Å²) in [5, 5.41) is 16.3. The maximum atomic E-state index is 12.8. The van der Waals surface area contributed by atoms with Gasteiger partial charge in [-0.3, -0.25) is 9.59 Å². The summed E-state index contributed by atoms with van der Waals surface area (Å²) in [5.74, 6) is -2.44. The molecule has 1 aromatic rings. The van der Waals surface area contributed by atoms with Crippen molar-refractivity contribution in [1.82, 2.24) is 5.43 Å². The molecular weight excluding hydrogens is 344 g/mol. The van der Waals surface area contributed by atoms with E-state index < -0.39 is 33.9 Å². The molecule has 2 aliphatic carbocycles. The molecule has 0 aliphatic heterocycles. The third-order valence-corrected chi connectivity index (χ3v) is 6.55. The first kappa shape index (κ1) is 17.6. The Bertz CT molecular complexity index is 815. The van der Waals surface area contributed by atoms with Crippen molar-refractivity contribution in [2.75, 3.05) is 0 Å². The number of carboxylic acids is 1. The van der Waals surface area contributed by atoms with E-state index in [2.05, 4.69) is 10.5 Å². The fourth-order valence-corrected chi connectivity index (χ4v) is 4.32. The van der Waals surface area contributed by atoms with Gasteiger partial charge in [-0.2, -0.15) is 5.10 Å². The van der Waals surface area contributed by atoms with Gasteiger partial charge in [0.05, 0.1) is 11.4 Å². The number of hydrogen-bond acceptors (Lipinski definition) is 5. The number of Topliss-reactive ketones (excluding diaryl/α,β-unsaturated/α-hetero) is 1. The molecule has 2 saturated carbocycles. The van der Waals surface area contributed by atoms with Gasteiger partial charge in [0.1, 0.15) is 5.71 Å². The summed E-state index contributed by atoms with van der Waals surface area (Å²) in [7, 11) is 0. The Morgan fingerprint density at radius 2 is 1.76 bits per heavy atom. The van der Waals surface area contributed by atoms with E-state index in [4.69, 9.17) is 11.6 Å². The van der Waals surface area contributed by atoms with Crippen LogP contribution in [0.5, 0.6) is 0 Å². The highest BCUT2D eigenvalue weighted by molar-refractivity contribution is 6.50. The fraction of sp³-hybridized carbons (Fsp3) is 0.444. The van der Waals surface area contributed by atoms with Crippen LogP contribution in [0.4, 0.5) is 0 Å². The molecule has 1 aromatic carbocycles. The molecule has 3 rings (SSSR count). The van der Waals surface area contributed by atoms with Crippen molar-refractivity contribution < 1.29 is 19.5 Å². The highest BCUT2D eigenvalue weighted by Crippen LogP contribution is 2.69. The minimum Gasteiger partial charge on any atom is -0.549 e. The van der Waals surface area contributed by atoms with Crippen LogP contribution in [0.15, 0.2) is 29.4 Å². The Morgan fingerprint density at radius 1 is 1.16 bits per heavy atom. The maximum Gasteiger partial charge on any atom is 0.271 e. The number of hydrazone groups is 1. The molecule has 2 atom stereocenters. The number of aliphatic carboxylic acids is 1. The second-order valence-electron chi connectivity index (χ2n) is 7.39. The van der Waals surface area contributed by atoms with Crippen molar-refractivity contribution in [3.05, 3.63) is 34.9 Å². The smallest absolute Gasteiger partial charge is 0.271 e. The monoisotopic (exact) mass is 361 g/mol. The van der Waals surface area contributed by atoms with E-state index in [0.717, 1.165) is 0 Å². The highest BCUT2D eigenvalue weighted by atomic mass is 35.5. The molecule has 0 heterocycles. The molecule has 1 N–H and O–H groups in total. The number of rotatable bonds is 3. The maximum absolute atomic E-state index is 12.8. The zero-order valence-electron chi connectivity index (χ0n) is 14.2. The number of carbonyl (C=O) groups is 3. The first-order valence-electron chi connectivity index (χ1n) is 7.98. The minimum absolute atomic E-state index is 0.0928. The lowest BCUT2D eigenvalue weighted by molar-refractivity contribution is -0.320. The zero-order valence-corrected chi connectivity index (χ0v) is 14.9. The normalized spacial score (nSPS) is 31.4. The van der Waals surface area contributed by atoms with Gasteiger partial charge >= 0.3 is 0 Å². The molecule has 0 unspecified atom stereocenters. The summed E-state index contributed by atoms with van der Waals surface area (Å²) in [5.41, 5.74) is -0.382. The van der Waals surface area contributed by atoms with Crippen LogP contribution in [0.2, 0.25) is 5.02 Å². The summed E-state index contributed by atoms with van der Waals surface area (Å²) in [4.78, 5) is 36.8. The predicted molar refractivity (Wildman–Crippen MR) is 89.9 cm³/mol. The standard InChI is InChI=1S/C18H19ClN2O4/c1-16(2)17(3)8-9-18(16,15(24)25)13(22)12(17)20-21-14(23)10-4-6-11(19)7-5-10/h4-7H,8-9H2,1-3H3,(H,21,23)(H,24,25)/p-1/b20-12+/t17-,18+/m0/s1. The predicted octanol–water partition coefficient (Wildman–Crippen LogP) is 1.57. The molecule has 132 valence electrons. The Kier molecular flexibility index (Phi) is 3.80. The van der Waals surface area contributed by atoms with E-state index in [1.807, 2.05) is 6.92 Å². The third kappa shape index (κ3) is 2.10. The number of carboxylic acid groups (broad SMARTS) is 1. The van der Waals surface area contributed by atoms with Crippen LogP contribution < -0.4 is 10.5 Å². The average Bonchev–Trinajstić information content (AvgIpc) is 2.82. The minimum atomic E-state index is -1.59. The largest absolute Gasteiger partial charge is 0.549 e. The van der Waals surface area contributed by atoms with Crippen LogP contribution in [-0.4, -0.2) is 23.4 Å². The topological polar surface area (TPSA) is 98.7 Å².